The van der Waals surface area contributed by atoms with E-state index in [0.29, 0.717) is 17.2 Å². The van der Waals surface area contributed by atoms with Gasteiger partial charge < -0.3 is 15.2 Å². The zero-order chi connectivity index (χ0) is 22.8. The smallest absolute Gasteiger partial charge is 0.262 e. The molecular weight excluding hydrogens is 440 g/mol. The van der Waals surface area contributed by atoms with E-state index < -0.39 is 5.25 Å². The summed E-state index contributed by atoms with van der Waals surface area (Å²) in [5, 5.41) is 5.77. The maximum absolute atomic E-state index is 12.5. The number of likely N-dealkylation sites (tertiary alicyclic amines) is 1. The van der Waals surface area contributed by atoms with Crippen LogP contribution in [0.5, 0.6) is 0 Å². The lowest BCUT2D eigenvalue weighted by Gasteiger charge is -2.16. The van der Waals surface area contributed by atoms with Crippen molar-refractivity contribution < 1.29 is 14.4 Å². The molecule has 5 rings (SSSR count). The van der Waals surface area contributed by atoms with Gasteiger partial charge in [-0.1, -0.05) is 23.9 Å². The van der Waals surface area contributed by atoms with E-state index in [0.717, 1.165) is 42.1 Å². The van der Waals surface area contributed by atoms with Crippen molar-refractivity contribution in [1.29, 1.82) is 0 Å². The minimum Gasteiger partial charge on any atom is -0.351 e. The van der Waals surface area contributed by atoms with Crippen molar-refractivity contribution in [2.24, 2.45) is 4.99 Å². The van der Waals surface area contributed by atoms with E-state index in [1.165, 1.54) is 11.8 Å². The summed E-state index contributed by atoms with van der Waals surface area (Å²) < 4.78 is 0. The maximum Gasteiger partial charge on any atom is 0.262 e. The van der Waals surface area contributed by atoms with Crippen LogP contribution in [0.25, 0.3) is 11.0 Å². The standard InChI is InChI=1S/C23H22N6O3S/c30-19(13-18-21(32)28-23(33-18)29-11-3-4-12-29)24-15-9-7-14(8-10-15)20(31)27-22-25-16-5-1-2-6-17(16)26-22/h1-2,5-10,18H,3-4,11-13H2,(H,24,30)(H2,25,26,27,31)/t18-/m1/s1. The van der Waals surface area contributed by atoms with Crippen LogP contribution in [0.15, 0.2) is 53.5 Å². The Morgan fingerprint density at radius 3 is 2.58 bits per heavy atom. The van der Waals surface area contributed by atoms with Gasteiger partial charge in [0.1, 0.15) is 5.25 Å². The van der Waals surface area contributed by atoms with Gasteiger partial charge in [-0.15, -0.1) is 0 Å². The number of nitrogens with zero attached hydrogens (tertiary/aromatic N) is 3. The lowest BCUT2D eigenvalue weighted by molar-refractivity contribution is -0.121. The highest BCUT2D eigenvalue weighted by Gasteiger charge is 2.33. The van der Waals surface area contributed by atoms with E-state index in [9.17, 15) is 14.4 Å². The number of aliphatic imine (C=N–C) groups is 1. The third kappa shape index (κ3) is 4.75. The van der Waals surface area contributed by atoms with Gasteiger partial charge in [0.2, 0.25) is 11.9 Å². The van der Waals surface area contributed by atoms with Crippen LogP contribution >= 0.6 is 11.8 Å². The van der Waals surface area contributed by atoms with Gasteiger partial charge in [0.05, 0.1) is 11.0 Å². The maximum atomic E-state index is 12.5. The van der Waals surface area contributed by atoms with Crippen LogP contribution in [0.4, 0.5) is 11.6 Å². The van der Waals surface area contributed by atoms with Crippen molar-refractivity contribution in [3.05, 3.63) is 54.1 Å². The lowest BCUT2D eigenvalue weighted by Crippen LogP contribution is -2.25. The number of hydrogen-bond donors (Lipinski definition) is 3. The summed E-state index contributed by atoms with van der Waals surface area (Å²) in [6.45, 7) is 1.82. The van der Waals surface area contributed by atoms with Gasteiger partial charge in [-0.05, 0) is 49.2 Å². The summed E-state index contributed by atoms with van der Waals surface area (Å²) in [4.78, 5) is 50.8. The second kappa shape index (κ2) is 9.07. The monoisotopic (exact) mass is 462 g/mol. The fourth-order valence-corrected chi connectivity index (χ4v) is 4.95. The van der Waals surface area contributed by atoms with Crippen LogP contribution in [0.2, 0.25) is 0 Å². The largest absolute Gasteiger partial charge is 0.351 e. The molecule has 1 atom stereocenters. The molecule has 0 aliphatic carbocycles. The number of aromatic nitrogens is 2. The van der Waals surface area contributed by atoms with Crippen molar-refractivity contribution >= 4 is 57.3 Å². The predicted molar refractivity (Wildman–Crippen MR) is 128 cm³/mol. The second-order valence-corrected chi connectivity index (χ2v) is 9.09. The van der Waals surface area contributed by atoms with E-state index in [1.807, 2.05) is 24.3 Å². The third-order valence-corrected chi connectivity index (χ3v) is 6.74. The van der Waals surface area contributed by atoms with Gasteiger partial charge in [0.25, 0.3) is 11.8 Å². The van der Waals surface area contributed by atoms with Gasteiger partial charge in [-0.25, -0.2) is 4.98 Å². The SMILES string of the molecule is O=C(C[C@H]1SC(N2CCCC2)=NC1=O)Nc1ccc(C(=O)Nc2nc3ccccc3[nH]2)cc1. The van der Waals surface area contributed by atoms with Crippen LogP contribution in [0.1, 0.15) is 29.6 Å². The van der Waals surface area contributed by atoms with Gasteiger partial charge in [0.15, 0.2) is 5.17 Å². The summed E-state index contributed by atoms with van der Waals surface area (Å²) >= 11 is 1.37. The van der Waals surface area contributed by atoms with Crippen LogP contribution in [-0.2, 0) is 9.59 Å². The number of carbonyl (C=O) groups excluding carboxylic acids is 3. The van der Waals surface area contributed by atoms with E-state index in [-0.39, 0.29) is 24.1 Å². The summed E-state index contributed by atoms with van der Waals surface area (Å²) in [6, 6.07) is 14.1. The first-order valence-electron chi connectivity index (χ1n) is 10.8. The number of imidazole rings is 1. The fourth-order valence-electron chi connectivity index (χ4n) is 3.83. The van der Waals surface area contributed by atoms with Crippen molar-refractivity contribution in [3.8, 4) is 0 Å². The normalized spacial score (nSPS) is 17.9. The van der Waals surface area contributed by atoms with E-state index in [2.05, 4.69) is 30.5 Å². The number of hydrogen-bond acceptors (Lipinski definition) is 6. The molecule has 2 aliphatic heterocycles. The number of H-pyrrole nitrogens is 1. The van der Waals surface area contributed by atoms with Crippen molar-refractivity contribution in [2.75, 3.05) is 23.7 Å². The molecule has 3 N–H and O–H groups in total. The number of fused-ring (bicyclic) bond motifs is 1. The number of para-hydroxylation sites is 2. The molecule has 10 heteroatoms. The Morgan fingerprint density at radius 1 is 1.06 bits per heavy atom. The molecule has 168 valence electrons. The molecule has 9 nitrogen and oxygen atoms in total. The number of nitrogens with one attached hydrogen (secondary N) is 3. The molecule has 0 unspecified atom stereocenters. The molecule has 3 heterocycles. The highest BCUT2D eigenvalue weighted by atomic mass is 32.2. The Morgan fingerprint density at radius 2 is 1.82 bits per heavy atom. The molecule has 0 radical (unpaired) electrons. The van der Waals surface area contributed by atoms with Gasteiger partial charge in [0, 0.05) is 30.8 Å². The summed E-state index contributed by atoms with van der Waals surface area (Å²) in [5.74, 6) is -0.466. The van der Waals surface area contributed by atoms with Crippen LogP contribution < -0.4 is 10.6 Å². The molecule has 2 aromatic carbocycles. The molecule has 1 fully saturated rings. The second-order valence-electron chi connectivity index (χ2n) is 7.92. The topological polar surface area (TPSA) is 120 Å². The molecule has 2 aliphatic rings. The molecule has 0 spiro atoms. The number of carbonyl (C=O) groups is 3. The van der Waals surface area contributed by atoms with Gasteiger partial charge in [-0.2, -0.15) is 4.99 Å². The minimum absolute atomic E-state index is 0.0542. The quantitative estimate of drug-likeness (QED) is 0.536. The number of amides is 3. The Balaban J connectivity index is 1.14. The highest BCUT2D eigenvalue weighted by molar-refractivity contribution is 8.15. The van der Waals surface area contributed by atoms with Crippen molar-refractivity contribution in [3.63, 3.8) is 0 Å². The van der Waals surface area contributed by atoms with E-state index in [1.54, 1.807) is 24.3 Å². The number of benzene rings is 2. The lowest BCUT2D eigenvalue weighted by atomic mass is 10.2. The van der Waals surface area contributed by atoms with Gasteiger partial charge >= 0.3 is 0 Å². The Kier molecular flexibility index (Phi) is 5.82. The first kappa shape index (κ1) is 21.2. The molecule has 3 aromatic rings. The number of aromatic amines is 1. The Labute approximate surface area is 194 Å². The molecule has 1 aromatic heterocycles. The first-order valence-corrected chi connectivity index (χ1v) is 11.6. The molecule has 3 amide bonds. The highest BCUT2D eigenvalue weighted by Crippen LogP contribution is 2.29. The van der Waals surface area contributed by atoms with Crippen molar-refractivity contribution in [1.82, 2.24) is 14.9 Å². The summed E-state index contributed by atoms with van der Waals surface area (Å²) in [6.07, 6.45) is 2.26. The number of anilines is 2. The number of rotatable bonds is 5. The van der Waals surface area contributed by atoms with Gasteiger partial charge in [-0.3, -0.25) is 19.7 Å². The molecule has 0 bridgehead atoms. The van der Waals surface area contributed by atoms with E-state index in [4.69, 9.17) is 0 Å². The van der Waals surface area contributed by atoms with Crippen LogP contribution in [-0.4, -0.2) is 56.1 Å². The number of thioether (sulfide) groups is 1. The Hall–Kier alpha value is -3.66. The minimum atomic E-state index is -0.491. The zero-order valence-corrected chi connectivity index (χ0v) is 18.5. The summed E-state index contributed by atoms with van der Waals surface area (Å²) in [5.41, 5.74) is 2.58. The summed E-state index contributed by atoms with van der Waals surface area (Å²) in [7, 11) is 0. The average Bonchev–Trinajstić information content (AvgIpc) is 3.54. The molecule has 0 saturated carbocycles. The molecular formula is C23H22N6O3S. The third-order valence-electron chi connectivity index (χ3n) is 5.53. The predicted octanol–water partition coefficient (Wildman–Crippen LogP) is 3.24. The average molecular weight is 463 g/mol. The number of amidine groups is 1. The first-order chi connectivity index (χ1) is 16.0. The molecule has 33 heavy (non-hydrogen) atoms. The zero-order valence-electron chi connectivity index (χ0n) is 17.7. The van der Waals surface area contributed by atoms with Crippen molar-refractivity contribution in [2.45, 2.75) is 24.5 Å². The van der Waals surface area contributed by atoms with E-state index >= 15 is 0 Å². The Bertz CT molecular complexity index is 1210. The van der Waals surface area contributed by atoms with Crippen LogP contribution in [0.3, 0.4) is 0 Å². The fraction of sp³-hybridized carbons (Fsp3) is 0.261. The van der Waals surface area contributed by atoms with Crippen LogP contribution in [0, 0.1) is 0 Å². The molecule has 1 saturated heterocycles.